The van der Waals surface area contributed by atoms with Crippen LogP contribution >= 0.6 is 28.3 Å². The summed E-state index contributed by atoms with van der Waals surface area (Å²) in [6.45, 7) is 3.17. The average molecular weight is 350 g/mol. The maximum Gasteiger partial charge on any atom is 0.229 e. The van der Waals surface area contributed by atoms with Crippen LogP contribution < -0.4 is 11.1 Å². The van der Waals surface area contributed by atoms with Crippen LogP contribution in [0.25, 0.3) is 0 Å². The molecule has 1 heterocycles. The van der Waals surface area contributed by atoms with Gasteiger partial charge in [0.15, 0.2) is 0 Å². The molecule has 4 nitrogen and oxygen atoms in total. The van der Waals surface area contributed by atoms with E-state index in [-0.39, 0.29) is 24.2 Å². The van der Waals surface area contributed by atoms with Gasteiger partial charge in [0, 0.05) is 11.1 Å². The van der Waals surface area contributed by atoms with Gasteiger partial charge >= 0.3 is 0 Å². The molecule has 1 aromatic carbocycles. The van der Waals surface area contributed by atoms with Crippen molar-refractivity contribution in [2.24, 2.45) is 5.92 Å². The van der Waals surface area contributed by atoms with Gasteiger partial charge in [-0.3, -0.25) is 4.79 Å². The molecular formula is C13H18BrClN2O2. The normalized spacial score (nSPS) is 18.5. The van der Waals surface area contributed by atoms with Gasteiger partial charge in [0.1, 0.15) is 0 Å². The van der Waals surface area contributed by atoms with Crippen LogP contribution in [0, 0.1) is 12.8 Å². The second-order valence-electron chi connectivity index (χ2n) is 4.59. The highest BCUT2D eigenvalue weighted by molar-refractivity contribution is 9.10. The lowest BCUT2D eigenvalue weighted by atomic mass is 10.0. The van der Waals surface area contributed by atoms with Gasteiger partial charge in [-0.25, -0.2) is 0 Å². The number of rotatable bonds is 2. The summed E-state index contributed by atoms with van der Waals surface area (Å²) in [4.78, 5) is 12.1. The number of nitrogens with two attached hydrogens (primary N) is 1. The highest BCUT2D eigenvalue weighted by Crippen LogP contribution is 2.28. The first kappa shape index (κ1) is 16.3. The van der Waals surface area contributed by atoms with Crippen LogP contribution in [-0.2, 0) is 9.53 Å². The third kappa shape index (κ3) is 4.09. The molecule has 106 valence electrons. The summed E-state index contributed by atoms with van der Waals surface area (Å²) < 4.78 is 6.22. The van der Waals surface area contributed by atoms with Crippen LogP contribution in [0.4, 0.5) is 11.4 Å². The predicted octanol–water partition coefficient (Wildman–Crippen LogP) is 3.13. The topological polar surface area (TPSA) is 64.3 Å². The van der Waals surface area contributed by atoms with Crippen molar-refractivity contribution in [3.63, 3.8) is 0 Å². The molecule has 1 saturated heterocycles. The third-order valence-electron chi connectivity index (χ3n) is 3.14. The molecule has 1 atom stereocenters. The van der Waals surface area contributed by atoms with Crippen molar-refractivity contribution in [2.75, 3.05) is 24.3 Å². The van der Waals surface area contributed by atoms with Crippen LogP contribution in [0.2, 0.25) is 0 Å². The molecule has 1 aromatic rings. The van der Waals surface area contributed by atoms with E-state index in [1.165, 1.54) is 0 Å². The quantitative estimate of drug-likeness (QED) is 0.806. The Morgan fingerprint density at radius 2 is 2.26 bits per heavy atom. The number of amides is 1. The summed E-state index contributed by atoms with van der Waals surface area (Å²) in [6, 6.07) is 3.75. The van der Waals surface area contributed by atoms with Crippen LogP contribution in [0.3, 0.4) is 0 Å². The number of carbonyl (C=O) groups is 1. The molecule has 19 heavy (non-hydrogen) atoms. The van der Waals surface area contributed by atoms with E-state index in [9.17, 15) is 4.79 Å². The molecule has 0 aliphatic carbocycles. The van der Waals surface area contributed by atoms with Gasteiger partial charge in [-0.2, -0.15) is 0 Å². The van der Waals surface area contributed by atoms with Crippen LogP contribution in [0.1, 0.15) is 18.4 Å². The fraction of sp³-hybridized carbons (Fsp3) is 0.462. The van der Waals surface area contributed by atoms with E-state index in [0.29, 0.717) is 18.0 Å². The van der Waals surface area contributed by atoms with Gasteiger partial charge in [0.2, 0.25) is 5.91 Å². The van der Waals surface area contributed by atoms with Crippen molar-refractivity contribution >= 4 is 45.6 Å². The maximum absolute atomic E-state index is 12.1. The predicted molar refractivity (Wildman–Crippen MR) is 82.7 cm³/mol. The third-order valence-corrected chi connectivity index (χ3v) is 3.60. The molecule has 1 aliphatic rings. The fourth-order valence-electron chi connectivity index (χ4n) is 2.04. The number of carbonyl (C=O) groups excluding carboxylic acids is 1. The first-order chi connectivity index (χ1) is 8.58. The van der Waals surface area contributed by atoms with Gasteiger partial charge in [0.05, 0.1) is 23.9 Å². The summed E-state index contributed by atoms with van der Waals surface area (Å²) >= 11 is 3.40. The van der Waals surface area contributed by atoms with Gasteiger partial charge in [-0.05, 0) is 37.5 Å². The van der Waals surface area contributed by atoms with Crippen LogP contribution in [0.15, 0.2) is 16.6 Å². The minimum atomic E-state index is -0.0718. The Morgan fingerprint density at radius 1 is 1.53 bits per heavy atom. The highest BCUT2D eigenvalue weighted by Gasteiger charge is 2.22. The number of anilines is 2. The number of halogens is 2. The molecule has 1 aliphatic heterocycles. The number of aryl methyl sites for hydroxylation is 1. The average Bonchev–Trinajstić information content (AvgIpc) is 2.36. The Hall–Kier alpha value is -0.780. The van der Waals surface area contributed by atoms with Gasteiger partial charge in [-0.1, -0.05) is 15.9 Å². The van der Waals surface area contributed by atoms with Crippen molar-refractivity contribution in [1.82, 2.24) is 0 Å². The zero-order valence-electron chi connectivity index (χ0n) is 10.7. The smallest absolute Gasteiger partial charge is 0.229 e. The van der Waals surface area contributed by atoms with Gasteiger partial charge in [-0.15, -0.1) is 12.4 Å². The lowest BCUT2D eigenvalue weighted by molar-refractivity contribution is -0.123. The van der Waals surface area contributed by atoms with E-state index in [1.54, 1.807) is 0 Å². The highest BCUT2D eigenvalue weighted by atomic mass is 79.9. The van der Waals surface area contributed by atoms with E-state index >= 15 is 0 Å². The molecular weight excluding hydrogens is 332 g/mol. The Kier molecular flexibility index (Phi) is 6.10. The summed E-state index contributed by atoms with van der Waals surface area (Å²) in [5, 5.41) is 2.89. The van der Waals surface area contributed by atoms with Crippen molar-refractivity contribution in [1.29, 1.82) is 0 Å². The maximum atomic E-state index is 12.1. The molecule has 0 saturated carbocycles. The van der Waals surface area contributed by atoms with E-state index in [0.717, 1.165) is 29.5 Å². The second kappa shape index (κ2) is 7.12. The molecule has 1 fully saturated rings. The van der Waals surface area contributed by atoms with E-state index in [2.05, 4.69) is 21.2 Å². The number of benzene rings is 1. The lowest BCUT2D eigenvalue weighted by Gasteiger charge is -2.22. The van der Waals surface area contributed by atoms with Crippen molar-refractivity contribution < 1.29 is 9.53 Å². The van der Waals surface area contributed by atoms with Gasteiger partial charge in [0.25, 0.3) is 0 Å². The Bertz CT molecular complexity index is 462. The lowest BCUT2D eigenvalue weighted by Crippen LogP contribution is -2.30. The summed E-state index contributed by atoms with van der Waals surface area (Å²) in [6.07, 6.45) is 1.81. The SMILES string of the molecule is Cc1cc(Br)cc(NC(=O)C2CCCOC2)c1N.Cl. The number of hydrogen-bond donors (Lipinski definition) is 2. The molecule has 6 heteroatoms. The number of hydrogen-bond acceptors (Lipinski definition) is 3. The van der Waals surface area contributed by atoms with E-state index in [1.807, 2.05) is 19.1 Å². The van der Waals surface area contributed by atoms with Crippen LogP contribution in [-0.4, -0.2) is 19.1 Å². The van der Waals surface area contributed by atoms with Crippen LogP contribution in [0.5, 0.6) is 0 Å². The first-order valence-corrected chi connectivity index (χ1v) is 6.81. The zero-order chi connectivity index (χ0) is 13.1. The second-order valence-corrected chi connectivity index (χ2v) is 5.50. The molecule has 0 aromatic heterocycles. The molecule has 1 unspecified atom stereocenters. The first-order valence-electron chi connectivity index (χ1n) is 6.02. The number of ether oxygens (including phenoxy) is 1. The van der Waals surface area contributed by atoms with Crippen molar-refractivity contribution in [3.05, 3.63) is 22.2 Å². The van der Waals surface area contributed by atoms with Crippen molar-refractivity contribution in [2.45, 2.75) is 19.8 Å². The van der Waals surface area contributed by atoms with Gasteiger partial charge < -0.3 is 15.8 Å². The Balaban J connectivity index is 0.00000180. The Morgan fingerprint density at radius 3 is 2.89 bits per heavy atom. The molecule has 3 N–H and O–H groups in total. The molecule has 2 rings (SSSR count). The van der Waals surface area contributed by atoms with E-state index < -0.39 is 0 Å². The Labute approximate surface area is 127 Å². The fourth-order valence-corrected chi connectivity index (χ4v) is 2.61. The minimum absolute atomic E-state index is 0. The zero-order valence-corrected chi connectivity index (χ0v) is 13.1. The number of nitrogen functional groups attached to an aromatic ring is 1. The summed E-state index contributed by atoms with van der Waals surface area (Å²) in [7, 11) is 0. The monoisotopic (exact) mass is 348 g/mol. The minimum Gasteiger partial charge on any atom is -0.397 e. The van der Waals surface area contributed by atoms with E-state index in [4.69, 9.17) is 10.5 Å². The summed E-state index contributed by atoms with van der Waals surface area (Å²) in [5.41, 5.74) is 8.19. The standard InChI is InChI=1S/C13H17BrN2O2.ClH/c1-8-5-10(14)6-11(12(8)15)16-13(17)9-3-2-4-18-7-9;/h5-6,9H,2-4,7,15H2,1H3,(H,16,17);1H. The molecule has 0 bridgehead atoms. The molecule has 0 radical (unpaired) electrons. The summed E-state index contributed by atoms with van der Waals surface area (Å²) in [5.74, 6) is -0.0867. The van der Waals surface area contributed by atoms with Crippen molar-refractivity contribution in [3.8, 4) is 0 Å². The largest absolute Gasteiger partial charge is 0.397 e. The molecule has 0 spiro atoms. The molecule has 1 amide bonds. The number of nitrogens with one attached hydrogen (secondary N) is 1.